The SMILES string of the molecule is CC(NC(=O)c1ccc(NCc2ccccc2)c([N+](=O)[O-])c1)c1nc2ccccc2[nH]1. The van der Waals surface area contributed by atoms with Gasteiger partial charge in [-0.1, -0.05) is 42.5 Å². The molecule has 1 atom stereocenters. The van der Waals surface area contributed by atoms with Crippen LogP contribution in [0.2, 0.25) is 0 Å². The first kappa shape index (κ1) is 20.1. The smallest absolute Gasteiger partial charge is 0.293 e. The maximum atomic E-state index is 12.7. The highest BCUT2D eigenvalue weighted by Crippen LogP contribution is 2.26. The number of benzene rings is 3. The van der Waals surface area contributed by atoms with Crippen LogP contribution in [0, 0.1) is 10.1 Å². The van der Waals surface area contributed by atoms with Crippen molar-refractivity contribution in [2.75, 3.05) is 5.32 Å². The van der Waals surface area contributed by atoms with Gasteiger partial charge in [0, 0.05) is 18.2 Å². The van der Waals surface area contributed by atoms with Gasteiger partial charge >= 0.3 is 0 Å². The number of amides is 1. The van der Waals surface area contributed by atoms with Crippen LogP contribution in [0.4, 0.5) is 11.4 Å². The molecule has 0 radical (unpaired) electrons. The summed E-state index contributed by atoms with van der Waals surface area (Å²) in [5.74, 6) is 0.205. The number of nitrogens with one attached hydrogen (secondary N) is 3. The number of anilines is 1. The van der Waals surface area contributed by atoms with Crippen molar-refractivity contribution in [3.05, 3.63) is 99.9 Å². The number of imidazole rings is 1. The van der Waals surface area contributed by atoms with Crippen molar-refractivity contribution in [3.8, 4) is 0 Å². The minimum Gasteiger partial charge on any atom is -0.375 e. The van der Waals surface area contributed by atoms with E-state index in [1.54, 1.807) is 19.1 Å². The molecule has 31 heavy (non-hydrogen) atoms. The van der Waals surface area contributed by atoms with Gasteiger partial charge in [0.05, 0.1) is 22.0 Å². The van der Waals surface area contributed by atoms with E-state index < -0.39 is 16.9 Å². The van der Waals surface area contributed by atoms with Gasteiger partial charge in [0.25, 0.3) is 11.6 Å². The molecule has 4 rings (SSSR count). The Bertz CT molecular complexity index is 1200. The Labute approximate surface area is 178 Å². The Kier molecular flexibility index (Phi) is 5.61. The third-order valence-electron chi connectivity index (χ3n) is 4.95. The van der Waals surface area contributed by atoms with Crippen LogP contribution in [0.1, 0.15) is 34.7 Å². The standard InChI is InChI=1S/C23H21N5O3/c1-15(22-26-18-9-5-6-10-19(18)27-22)25-23(29)17-11-12-20(21(13-17)28(30)31)24-14-16-7-3-2-4-8-16/h2-13,15,24H,14H2,1H3,(H,25,29)(H,26,27). The largest absolute Gasteiger partial charge is 0.375 e. The van der Waals surface area contributed by atoms with Crippen molar-refractivity contribution in [1.82, 2.24) is 15.3 Å². The Morgan fingerprint density at radius 3 is 2.58 bits per heavy atom. The molecule has 3 aromatic carbocycles. The normalized spacial score (nSPS) is 11.8. The Morgan fingerprint density at radius 2 is 1.84 bits per heavy atom. The van der Waals surface area contributed by atoms with Crippen molar-refractivity contribution < 1.29 is 9.72 Å². The number of hydrogen-bond acceptors (Lipinski definition) is 5. The lowest BCUT2D eigenvalue weighted by molar-refractivity contribution is -0.384. The molecule has 1 unspecified atom stereocenters. The molecule has 0 fully saturated rings. The molecule has 1 aromatic heterocycles. The summed E-state index contributed by atoms with van der Waals surface area (Å²) >= 11 is 0. The number of nitro groups is 1. The highest BCUT2D eigenvalue weighted by molar-refractivity contribution is 5.96. The number of nitro benzene ring substituents is 1. The number of rotatable bonds is 7. The van der Waals surface area contributed by atoms with E-state index in [0.717, 1.165) is 16.6 Å². The molecule has 3 N–H and O–H groups in total. The zero-order valence-corrected chi connectivity index (χ0v) is 16.8. The number of H-pyrrole nitrogens is 1. The van der Waals surface area contributed by atoms with Crippen LogP contribution in [0.3, 0.4) is 0 Å². The van der Waals surface area contributed by atoms with E-state index >= 15 is 0 Å². The lowest BCUT2D eigenvalue weighted by Gasteiger charge is -2.12. The molecule has 0 saturated carbocycles. The molecule has 0 aliphatic heterocycles. The number of carbonyl (C=O) groups excluding carboxylic acids is 1. The second kappa shape index (κ2) is 8.66. The van der Waals surface area contributed by atoms with E-state index in [0.29, 0.717) is 18.1 Å². The van der Waals surface area contributed by atoms with E-state index in [1.165, 1.54) is 6.07 Å². The minimum atomic E-state index is -0.493. The average molecular weight is 415 g/mol. The van der Waals surface area contributed by atoms with E-state index in [-0.39, 0.29) is 11.3 Å². The van der Waals surface area contributed by atoms with Gasteiger partial charge < -0.3 is 15.6 Å². The van der Waals surface area contributed by atoms with Gasteiger partial charge in [-0.15, -0.1) is 0 Å². The van der Waals surface area contributed by atoms with Crippen molar-refractivity contribution >= 4 is 28.3 Å². The predicted molar refractivity (Wildman–Crippen MR) is 119 cm³/mol. The minimum absolute atomic E-state index is 0.153. The third-order valence-corrected chi connectivity index (χ3v) is 4.95. The molecule has 4 aromatic rings. The highest BCUT2D eigenvalue weighted by Gasteiger charge is 2.20. The van der Waals surface area contributed by atoms with Crippen LogP contribution in [-0.2, 0) is 6.54 Å². The molecule has 8 nitrogen and oxygen atoms in total. The summed E-state index contributed by atoms with van der Waals surface area (Å²) in [6, 6.07) is 21.2. The van der Waals surface area contributed by atoms with Gasteiger partial charge in [0.2, 0.25) is 0 Å². The zero-order chi connectivity index (χ0) is 21.8. The van der Waals surface area contributed by atoms with Gasteiger partial charge in [0.1, 0.15) is 11.5 Å². The molecule has 0 aliphatic carbocycles. The van der Waals surface area contributed by atoms with Crippen molar-refractivity contribution in [1.29, 1.82) is 0 Å². The molecular weight excluding hydrogens is 394 g/mol. The van der Waals surface area contributed by atoms with Crippen molar-refractivity contribution in [2.24, 2.45) is 0 Å². The first-order valence-corrected chi connectivity index (χ1v) is 9.83. The van der Waals surface area contributed by atoms with Gasteiger partial charge in [-0.2, -0.15) is 0 Å². The number of carbonyl (C=O) groups is 1. The van der Waals surface area contributed by atoms with Crippen molar-refractivity contribution in [2.45, 2.75) is 19.5 Å². The molecular formula is C23H21N5O3. The first-order valence-electron chi connectivity index (χ1n) is 9.83. The lowest BCUT2D eigenvalue weighted by Crippen LogP contribution is -2.27. The fourth-order valence-corrected chi connectivity index (χ4v) is 3.29. The van der Waals surface area contributed by atoms with Crippen LogP contribution >= 0.6 is 0 Å². The van der Waals surface area contributed by atoms with Crippen LogP contribution < -0.4 is 10.6 Å². The highest BCUT2D eigenvalue weighted by atomic mass is 16.6. The third kappa shape index (κ3) is 4.53. The number of aromatic amines is 1. The Morgan fingerprint density at radius 1 is 1.10 bits per heavy atom. The van der Waals surface area contributed by atoms with Crippen LogP contribution in [0.5, 0.6) is 0 Å². The van der Waals surface area contributed by atoms with Gasteiger partial charge in [-0.25, -0.2) is 4.98 Å². The quantitative estimate of drug-likeness (QED) is 0.302. The summed E-state index contributed by atoms with van der Waals surface area (Å²) < 4.78 is 0. The second-order valence-electron chi connectivity index (χ2n) is 7.16. The van der Waals surface area contributed by atoms with Crippen LogP contribution in [-0.4, -0.2) is 20.8 Å². The molecule has 0 saturated heterocycles. The Hall–Kier alpha value is -4.20. The van der Waals surface area contributed by atoms with Crippen LogP contribution in [0.15, 0.2) is 72.8 Å². The maximum absolute atomic E-state index is 12.7. The summed E-state index contributed by atoms with van der Waals surface area (Å²) in [5.41, 5.74) is 3.10. The van der Waals surface area contributed by atoms with E-state index in [1.807, 2.05) is 54.6 Å². The fraction of sp³-hybridized carbons (Fsp3) is 0.130. The predicted octanol–water partition coefficient (Wildman–Crippen LogP) is 4.57. The topological polar surface area (TPSA) is 113 Å². The average Bonchev–Trinajstić information content (AvgIpc) is 3.23. The summed E-state index contributed by atoms with van der Waals surface area (Å²) in [7, 11) is 0. The zero-order valence-electron chi connectivity index (χ0n) is 16.8. The van der Waals surface area contributed by atoms with Crippen molar-refractivity contribution in [3.63, 3.8) is 0 Å². The molecule has 0 aliphatic rings. The molecule has 1 amide bonds. The second-order valence-corrected chi connectivity index (χ2v) is 7.16. The lowest BCUT2D eigenvalue weighted by atomic mass is 10.1. The summed E-state index contributed by atoms with van der Waals surface area (Å²) in [6.45, 7) is 2.25. The van der Waals surface area contributed by atoms with E-state index in [2.05, 4.69) is 20.6 Å². The number of fused-ring (bicyclic) bond motifs is 1. The summed E-state index contributed by atoms with van der Waals surface area (Å²) in [6.07, 6.45) is 0. The van der Waals surface area contributed by atoms with E-state index in [4.69, 9.17) is 0 Å². The van der Waals surface area contributed by atoms with Gasteiger partial charge in [0.15, 0.2) is 0 Å². The maximum Gasteiger partial charge on any atom is 0.293 e. The van der Waals surface area contributed by atoms with Gasteiger partial charge in [-0.05, 0) is 36.8 Å². The molecule has 1 heterocycles. The fourth-order valence-electron chi connectivity index (χ4n) is 3.29. The van der Waals surface area contributed by atoms with E-state index in [9.17, 15) is 14.9 Å². The van der Waals surface area contributed by atoms with Gasteiger partial charge in [-0.3, -0.25) is 14.9 Å². The summed E-state index contributed by atoms with van der Waals surface area (Å²) in [4.78, 5) is 31.5. The Balaban J connectivity index is 1.49. The molecule has 8 heteroatoms. The number of para-hydroxylation sites is 2. The first-order chi connectivity index (χ1) is 15.0. The number of aromatic nitrogens is 2. The molecule has 0 spiro atoms. The monoisotopic (exact) mass is 415 g/mol. The molecule has 0 bridgehead atoms. The van der Waals surface area contributed by atoms with Crippen LogP contribution in [0.25, 0.3) is 11.0 Å². The number of hydrogen-bond donors (Lipinski definition) is 3. The molecule has 156 valence electrons. The summed E-state index contributed by atoms with van der Waals surface area (Å²) in [5, 5.41) is 17.5. The number of nitrogens with zero attached hydrogens (tertiary/aromatic N) is 2.